The third-order valence-electron chi connectivity index (χ3n) is 5.75. The van der Waals surface area contributed by atoms with E-state index in [4.69, 9.17) is 19.2 Å². The highest BCUT2D eigenvalue weighted by Gasteiger charge is 2.55. The van der Waals surface area contributed by atoms with Crippen molar-refractivity contribution in [1.82, 2.24) is 4.57 Å². The zero-order chi connectivity index (χ0) is 21.8. The molecular formula is C23H20N2O5S. The van der Waals surface area contributed by atoms with Crippen LogP contribution in [0.15, 0.2) is 58.3 Å². The van der Waals surface area contributed by atoms with E-state index in [1.807, 2.05) is 54.6 Å². The summed E-state index contributed by atoms with van der Waals surface area (Å²) in [4.78, 5) is 31.5. The lowest BCUT2D eigenvalue weighted by Crippen LogP contribution is -2.58. The van der Waals surface area contributed by atoms with Crippen molar-refractivity contribution >= 4 is 23.4 Å². The molecule has 2 bridgehead atoms. The zero-order valence-corrected chi connectivity index (χ0v) is 18.0. The van der Waals surface area contributed by atoms with Gasteiger partial charge in [0.2, 0.25) is 5.72 Å². The Morgan fingerprint density at radius 3 is 2.65 bits per heavy atom. The molecule has 0 fully saturated rings. The molecule has 2 aliphatic heterocycles. The topological polar surface area (TPSA) is 79.1 Å². The van der Waals surface area contributed by atoms with Gasteiger partial charge in [-0.3, -0.25) is 14.2 Å². The molecule has 0 saturated carbocycles. The van der Waals surface area contributed by atoms with Crippen molar-refractivity contribution < 1.29 is 19.0 Å². The Kier molecular flexibility index (Phi) is 4.48. The zero-order valence-electron chi connectivity index (χ0n) is 17.2. The van der Waals surface area contributed by atoms with Crippen molar-refractivity contribution in [2.45, 2.75) is 18.7 Å². The molecule has 2 aliphatic rings. The van der Waals surface area contributed by atoms with E-state index in [1.54, 1.807) is 18.6 Å². The number of methoxy groups -OCH3 is 2. The molecule has 3 atom stereocenters. The van der Waals surface area contributed by atoms with Gasteiger partial charge in [0.1, 0.15) is 17.4 Å². The number of carbonyl (C=O) groups is 1. The maximum absolute atomic E-state index is 13.5. The summed E-state index contributed by atoms with van der Waals surface area (Å²) >= 11 is 1.28. The fourth-order valence-electron chi connectivity index (χ4n) is 4.28. The van der Waals surface area contributed by atoms with E-state index in [0.717, 1.165) is 16.9 Å². The normalized spacial score (nSPS) is 23.8. The SMILES string of the molecule is COC(=O)[C@H]1[C@@H]2c3ccccc3O[C@]1(C)N=c1s/c(=C/c3ccc(OC)cc3)c(=O)n12. The lowest BCUT2D eigenvalue weighted by atomic mass is 9.81. The molecule has 158 valence electrons. The molecule has 1 aromatic heterocycles. The van der Waals surface area contributed by atoms with Gasteiger partial charge in [0, 0.05) is 5.56 Å². The van der Waals surface area contributed by atoms with Gasteiger partial charge in [0.25, 0.3) is 5.56 Å². The Bertz CT molecular complexity index is 1360. The van der Waals surface area contributed by atoms with Crippen molar-refractivity contribution in [3.63, 3.8) is 0 Å². The average molecular weight is 436 g/mol. The number of ether oxygens (including phenoxy) is 3. The van der Waals surface area contributed by atoms with E-state index in [0.29, 0.717) is 15.1 Å². The predicted molar refractivity (Wildman–Crippen MR) is 115 cm³/mol. The molecule has 0 spiro atoms. The Labute approximate surface area is 181 Å². The summed E-state index contributed by atoms with van der Waals surface area (Å²) in [6.07, 6.45) is 1.82. The minimum absolute atomic E-state index is 0.197. The number of nitrogens with zero attached hydrogens (tertiary/aromatic N) is 2. The smallest absolute Gasteiger partial charge is 0.317 e. The van der Waals surface area contributed by atoms with Crippen LogP contribution in [0.1, 0.15) is 24.1 Å². The number of para-hydroxylation sites is 1. The summed E-state index contributed by atoms with van der Waals surface area (Å²) in [6, 6.07) is 14.3. The van der Waals surface area contributed by atoms with Gasteiger partial charge in [-0.1, -0.05) is 41.7 Å². The van der Waals surface area contributed by atoms with Gasteiger partial charge in [-0.05, 0) is 36.8 Å². The van der Waals surface area contributed by atoms with Crippen LogP contribution in [0.25, 0.3) is 6.08 Å². The van der Waals surface area contributed by atoms with Gasteiger partial charge < -0.3 is 14.2 Å². The van der Waals surface area contributed by atoms with Crippen LogP contribution in [-0.4, -0.2) is 30.5 Å². The van der Waals surface area contributed by atoms with Gasteiger partial charge in [-0.25, -0.2) is 4.99 Å². The van der Waals surface area contributed by atoms with Crippen LogP contribution in [0.3, 0.4) is 0 Å². The third-order valence-corrected chi connectivity index (χ3v) is 6.73. The molecule has 0 radical (unpaired) electrons. The van der Waals surface area contributed by atoms with E-state index in [2.05, 4.69) is 0 Å². The highest BCUT2D eigenvalue weighted by Crippen LogP contribution is 2.47. The van der Waals surface area contributed by atoms with E-state index in [1.165, 1.54) is 18.4 Å². The van der Waals surface area contributed by atoms with Gasteiger partial charge in [0.15, 0.2) is 4.80 Å². The van der Waals surface area contributed by atoms with E-state index >= 15 is 0 Å². The quantitative estimate of drug-likeness (QED) is 0.586. The van der Waals surface area contributed by atoms with Crippen LogP contribution in [0.2, 0.25) is 0 Å². The van der Waals surface area contributed by atoms with E-state index in [9.17, 15) is 9.59 Å². The summed E-state index contributed by atoms with van der Waals surface area (Å²) < 4.78 is 18.6. The number of fused-ring (bicyclic) bond motifs is 6. The van der Waals surface area contributed by atoms with Crippen molar-refractivity contribution in [2.75, 3.05) is 14.2 Å². The molecular weight excluding hydrogens is 416 g/mol. The van der Waals surface area contributed by atoms with Crippen LogP contribution < -0.4 is 24.4 Å². The summed E-state index contributed by atoms with van der Waals surface area (Å²) in [5.74, 6) is 0.116. The van der Waals surface area contributed by atoms with Crippen LogP contribution in [0.5, 0.6) is 11.5 Å². The van der Waals surface area contributed by atoms with Crippen LogP contribution in [0, 0.1) is 5.92 Å². The second-order valence-corrected chi connectivity index (χ2v) is 8.60. The molecule has 0 aliphatic carbocycles. The third kappa shape index (κ3) is 2.97. The first kappa shape index (κ1) is 19.6. The molecule has 0 N–H and O–H groups in total. The average Bonchev–Trinajstić information content (AvgIpc) is 3.06. The van der Waals surface area contributed by atoms with Crippen molar-refractivity contribution in [1.29, 1.82) is 0 Å². The molecule has 0 saturated heterocycles. The van der Waals surface area contributed by atoms with Crippen molar-refractivity contribution in [3.05, 3.63) is 79.3 Å². The fourth-order valence-corrected chi connectivity index (χ4v) is 5.38. The first-order valence-corrected chi connectivity index (χ1v) is 10.6. The highest BCUT2D eigenvalue weighted by atomic mass is 32.1. The summed E-state index contributed by atoms with van der Waals surface area (Å²) in [7, 11) is 2.94. The number of thiazole rings is 1. The fraction of sp³-hybridized carbons (Fsp3) is 0.261. The van der Waals surface area contributed by atoms with Crippen LogP contribution >= 0.6 is 11.3 Å². The van der Waals surface area contributed by atoms with Crippen LogP contribution in [0.4, 0.5) is 0 Å². The Morgan fingerprint density at radius 2 is 1.94 bits per heavy atom. The van der Waals surface area contributed by atoms with E-state index < -0.39 is 23.7 Å². The van der Waals surface area contributed by atoms with Crippen LogP contribution in [-0.2, 0) is 9.53 Å². The number of esters is 1. The van der Waals surface area contributed by atoms with Gasteiger partial charge in [-0.2, -0.15) is 0 Å². The molecule has 8 heteroatoms. The van der Waals surface area contributed by atoms with Gasteiger partial charge in [0.05, 0.1) is 24.8 Å². The summed E-state index contributed by atoms with van der Waals surface area (Å²) in [5, 5.41) is 0. The molecule has 3 aromatic rings. The maximum atomic E-state index is 13.5. The number of carbonyl (C=O) groups excluding carboxylic acids is 1. The lowest BCUT2D eigenvalue weighted by molar-refractivity contribution is -0.158. The second kappa shape index (κ2) is 7.09. The van der Waals surface area contributed by atoms with E-state index in [-0.39, 0.29) is 5.56 Å². The summed E-state index contributed by atoms with van der Waals surface area (Å²) in [5.41, 5.74) is 0.271. The predicted octanol–water partition coefficient (Wildman–Crippen LogP) is 1.87. The number of rotatable bonds is 3. The maximum Gasteiger partial charge on any atom is 0.317 e. The van der Waals surface area contributed by atoms with Crippen molar-refractivity contribution in [2.24, 2.45) is 10.9 Å². The second-order valence-electron chi connectivity index (χ2n) is 7.59. The molecule has 3 heterocycles. The standard InChI is InChI=1S/C23H20N2O5S/c1-23-18(21(27)29-3)19(15-6-4-5-7-16(15)30-23)25-20(26)17(31-22(25)24-23)12-13-8-10-14(28-2)11-9-13/h4-12,18-19H,1-3H3/b17-12+/t18-,19+,23+/m1/s1. The van der Waals surface area contributed by atoms with Gasteiger partial charge in [-0.15, -0.1) is 0 Å². The number of benzene rings is 2. The lowest BCUT2D eigenvalue weighted by Gasteiger charge is -2.44. The first-order valence-electron chi connectivity index (χ1n) is 9.78. The largest absolute Gasteiger partial charge is 0.497 e. The van der Waals surface area contributed by atoms with Crippen molar-refractivity contribution in [3.8, 4) is 11.5 Å². The molecule has 7 nitrogen and oxygen atoms in total. The Hall–Kier alpha value is -3.39. The minimum atomic E-state index is -1.17. The Morgan fingerprint density at radius 1 is 1.19 bits per heavy atom. The first-order chi connectivity index (χ1) is 14.9. The Balaban J connectivity index is 1.75. The molecule has 5 rings (SSSR count). The number of aromatic nitrogens is 1. The van der Waals surface area contributed by atoms with Gasteiger partial charge >= 0.3 is 5.97 Å². The number of hydrogen-bond acceptors (Lipinski definition) is 7. The molecule has 31 heavy (non-hydrogen) atoms. The molecule has 0 unspecified atom stereocenters. The molecule has 2 aromatic carbocycles. The summed E-state index contributed by atoms with van der Waals surface area (Å²) in [6.45, 7) is 1.76. The minimum Gasteiger partial charge on any atom is -0.497 e. The monoisotopic (exact) mass is 436 g/mol. The number of hydrogen-bond donors (Lipinski definition) is 0. The highest BCUT2D eigenvalue weighted by molar-refractivity contribution is 7.07. The molecule has 0 amide bonds.